The standard InChI is InChI=1S/C26H26F3N3O5/c27-26(28,29)17-5-3-4-16(14-17)25(35)10-12-30(13-11-25)21-9-8-18(15-22(21)32(36)37)31-23(33)19-6-1-2-7-20(19)24(31)34/h3-5,8-9,14-15,19-20,35H,1-2,6-7,10-13H2/t19-,20-/m0/s1. The fraction of sp³-hybridized carbons (Fsp3) is 0.462. The number of rotatable bonds is 4. The highest BCUT2D eigenvalue weighted by Crippen LogP contribution is 2.43. The number of amides is 2. The van der Waals surface area contributed by atoms with Gasteiger partial charge in [-0.15, -0.1) is 0 Å². The molecule has 0 bridgehead atoms. The van der Waals surface area contributed by atoms with Gasteiger partial charge in [-0.05, 0) is 55.5 Å². The van der Waals surface area contributed by atoms with E-state index in [-0.39, 0.29) is 72.2 Å². The molecule has 11 heteroatoms. The van der Waals surface area contributed by atoms with Crippen molar-refractivity contribution in [2.24, 2.45) is 11.8 Å². The number of piperidine rings is 1. The van der Waals surface area contributed by atoms with Crippen LogP contribution in [0.3, 0.4) is 0 Å². The van der Waals surface area contributed by atoms with E-state index in [0.717, 1.165) is 29.9 Å². The lowest BCUT2D eigenvalue weighted by Gasteiger charge is -2.39. The van der Waals surface area contributed by atoms with Crippen molar-refractivity contribution in [1.82, 2.24) is 0 Å². The summed E-state index contributed by atoms with van der Waals surface area (Å²) in [7, 11) is 0. The van der Waals surface area contributed by atoms with E-state index in [1.807, 2.05) is 0 Å². The molecule has 1 aliphatic carbocycles. The highest BCUT2D eigenvalue weighted by molar-refractivity contribution is 6.22. The van der Waals surface area contributed by atoms with Crippen LogP contribution >= 0.6 is 0 Å². The summed E-state index contributed by atoms with van der Waals surface area (Å²) < 4.78 is 39.4. The first-order valence-electron chi connectivity index (χ1n) is 12.3. The summed E-state index contributed by atoms with van der Waals surface area (Å²) in [5.74, 6) is -1.40. The number of fused-ring (bicyclic) bond motifs is 1. The van der Waals surface area contributed by atoms with Gasteiger partial charge in [-0.2, -0.15) is 13.2 Å². The predicted molar refractivity (Wildman–Crippen MR) is 128 cm³/mol. The van der Waals surface area contributed by atoms with Gasteiger partial charge in [0.05, 0.1) is 33.6 Å². The molecule has 37 heavy (non-hydrogen) atoms. The van der Waals surface area contributed by atoms with Crippen LogP contribution in [0.1, 0.15) is 49.7 Å². The van der Waals surface area contributed by atoms with Crippen molar-refractivity contribution in [3.63, 3.8) is 0 Å². The number of carbonyl (C=O) groups excluding carboxylic acids is 2. The molecule has 1 saturated carbocycles. The molecule has 2 saturated heterocycles. The molecule has 1 N–H and O–H groups in total. The maximum absolute atomic E-state index is 13.1. The number of nitro benzene ring substituents is 1. The molecule has 8 nitrogen and oxygen atoms in total. The largest absolute Gasteiger partial charge is 0.416 e. The lowest BCUT2D eigenvalue weighted by atomic mass is 9.81. The molecule has 2 heterocycles. The third-order valence-corrected chi connectivity index (χ3v) is 7.91. The first-order valence-corrected chi connectivity index (χ1v) is 12.3. The average Bonchev–Trinajstić information content (AvgIpc) is 3.14. The molecule has 0 aromatic heterocycles. The van der Waals surface area contributed by atoms with E-state index in [1.165, 1.54) is 30.3 Å². The number of carbonyl (C=O) groups is 2. The highest BCUT2D eigenvalue weighted by Gasteiger charge is 2.49. The van der Waals surface area contributed by atoms with E-state index >= 15 is 0 Å². The molecule has 0 spiro atoms. The van der Waals surface area contributed by atoms with Crippen molar-refractivity contribution in [1.29, 1.82) is 0 Å². The number of halogens is 3. The van der Waals surface area contributed by atoms with Crippen LogP contribution in [0.5, 0.6) is 0 Å². The second-order valence-corrected chi connectivity index (χ2v) is 10.0. The number of benzene rings is 2. The van der Waals surface area contributed by atoms with E-state index in [9.17, 15) is 38.0 Å². The van der Waals surface area contributed by atoms with Gasteiger partial charge in [0.15, 0.2) is 0 Å². The maximum Gasteiger partial charge on any atom is 0.416 e. The van der Waals surface area contributed by atoms with Crippen LogP contribution < -0.4 is 9.80 Å². The average molecular weight is 518 g/mol. The van der Waals surface area contributed by atoms with Crippen LogP contribution in [0.2, 0.25) is 0 Å². The Balaban J connectivity index is 1.37. The summed E-state index contributed by atoms with van der Waals surface area (Å²) in [6.07, 6.45) is -1.39. The Morgan fingerprint density at radius 3 is 2.16 bits per heavy atom. The van der Waals surface area contributed by atoms with Crippen LogP contribution in [0.4, 0.5) is 30.2 Å². The van der Waals surface area contributed by atoms with Gasteiger partial charge >= 0.3 is 6.18 Å². The molecule has 2 aromatic carbocycles. The molecule has 2 amide bonds. The quantitative estimate of drug-likeness (QED) is 0.356. The molecule has 5 rings (SSSR count). The summed E-state index contributed by atoms with van der Waals surface area (Å²) in [4.78, 5) is 40.0. The Morgan fingerprint density at radius 1 is 0.973 bits per heavy atom. The third-order valence-electron chi connectivity index (χ3n) is 7.91. The number of hydrogen-bond donors (Lipinski definition) is 1. The van der Waals surface area contributed by atoms with Crippen LogP contribution in [0.25, 0.3) is 0 Å². The second kappa shape index (κ2) is 9.13. The van der Waals surface area contributed by atoms with E-state index < -0.39 is 22.3 Å². The number of aliphatic hydroxyl groups is 1. The highest BCUT2D eigenvalue weighted by atomic mass is 19.4. The smallest absolute Gasteiger partial charge is 0.385 e. The van der Waals surface area contributed by atoms with Gasteiger partial charge in [-0.25, -0.2) is 4.90 Å². The van der Waals surface area contributed by atoms with Gasteiger partial charge in [0.25, 0.3) is 5.69 Å². The second-order valence-electron chi connectivity index (χ2n) is 10.0. The molecule has 0 unspecified atom stereocenters. The van der Waals surface area contributed by atoms with Crippen molar-refractivity contribution < 1.29 is 32.8 Å². The fourth-order valence-corrected chi connectivity index (χ4v) is 5.87. The molecule has 196 valence electrons. The van der Waals surface area contributed by atoms with Crippen LogP contribution in [-0.2, 0) is 21.4 Å². The lowest BCUT2D eigenvalue weighted by molar-refractivity contribution is -0.384. The molecule has 2 aromatic rings. The van der Waals surface area contributed by atoms with Gasteiger partial charge in [0, 0.05) is 19.2 Å². The van der Waals surface area contributed by atoms with Crippen LogP contribution in [-0.4, -0.2) is 34.9 Å². The van der Waals surface area contributed by atoms with Crippen molar-refractivity contribution >= 4 is 28.9 Å². The zero-order valence-electron chi connectivity index (χ0n) is 19.9. The number of anilines is 2. The van der Waals surface area contributed by atoms with E-state index in [1.54, 1.807) is 4.90 Å². The minimum absolute atomic E-state index is 0.0691. The predicted octanol–water partition coefficient (Wildman–Crippen LogP) is 4.78. The lowest BCUT2D eigenvalue weighted by Crippen LogP contribution is -2.43. The number of nitro groups is 1. The molecule has 3 fully saturated rings. The Kier molecular flexibility index (Phi) is 6.21. The van der Waals surface area contributed by atoms with Gasteiger partial charge in [-0.1, -0.05) is 25.0 Å². The minimum Gasteiger partial charge on any atom is -0.385 e. The summed E-state index contributed by atoms with van der Waals surface area (Å²) in [5.41, 5.74) is -2.06. The molecular weight excluding hydrogens is 491 g/mol. The number of nitrogens with zero attached hydrogens (tertiary/aromatic N) is 3. The summed E-state index contributed by atoms with van der Waals surface area (Å²) in [6, 6.07) is 8.82. The van der Waals surface area contributed by atoms with Gasteiger partial charge < -0.3 is 10.0 Å². The van der Waals surface area contributed by atoms with Crippen LogP contribution in [0.15, 0.2) is 42.5 Å². The first-order chi connectivity index (χ1) is 17.5. The zero-order valence-corrected chi connectivity index (χ0v) is 19.9. The van der Waals surface area contributed by atoms with Gasteiger partial charge in [0.1, 0.15) is 5.69 Å². The number of alkyl halides is 3. The number of hydrogen-bond acceptors (Lipinski definition) is 6. The van der Waals surface area contributed by atoms with Gasteiger partial charge in [-0.3, -0.25) is 19.7 Å². The Bertz CT molecular complexity index is 1230. The van der Waals surface area contributed by atoms with E-state index in [2.05, 4.69) is 0 Å². The fourth-order valence-electron chi connectivity index (χ4n) is 5.87. The maximum atomic E-state index is 13.1. The minimum atomic E-state index is -4.54. The van der Waals surface area contributed by atoms with Crippen molar-refractivity contribution in [3.05, 3.63) is 63.7 Å². The third kappa shape index (κ3) is 4.45. The Labute approximate surface area is 210 Å². The molecule has 3 aliphatic rings. The topological polar surface area (TPSA) is 104 Å². The van der Waals surface area contributed by atoms with Gasteiger partial charge in [0.2, 0.25) is 11.8 Å². The molecule has 0 radical (unpaired) electrons. The molecule has 2 aliphatic heterocycles. The zero-order chi connectivity index (χ0) is 26.5. The van der Waals surface area contributed by atoms with Crippen molar-refractivity contribution in [3.8, 4) is 0 Å². The monoisotopic (exact) mass is 517 g/mol. The molecular formula is C26H26F3N3O5. The summed E-state index contributed by atoms with van der Waals surface area (Å²) >= 11 is 0. The Hall–Kier alpha value is -3.47. The van der Waals surface area contributed by atoms with Crippen LogP contribution in [0, 0.1) is 22.0 Å². The summed E-state index contributed by atoms with van der Waals surface area (Å²) in [6.45, 7) is 0.331. The van der Waals surface area contributed by atoms with E-state index in [4.69, 9.17) is 0 Å². The summed E-state index contributed by atoms with van der Waals surface area (Å²) in [5, 5.41) is 23.1. The SMILES string of the molecule is O=C1[C@H]2CCCC[C@@H]2C(=O)N1c1ccc(N2CCC(O)(c3cccc(C(F)(F)F)c3)CC2)c([N+](=O)[O-])c1. The van der Waals surface area contributed by atoms with Crippen molar-refractivity contribution in [2.75, 3.05) is 22.9 Å². The molecule has 2 atom stereocenters. The van der Waals surface area contributed by atoms with Crippen molar-refractivity contribution in [2.45, 2.75) is 50.3 Å². The normalized spacial score (nSPS) is 23.8. The van der Waals surface area contributed by atoms with E-state index in [0.29, 0.717) is 12.8 Å². The Morgan fingerprint density at radius 2 is 1.59 bits per heavy atom. The number of imide groups is 1. The first kappa shape index (κ1) is 25.2.